The highest BCUT2D eigenvalue weighted by atomic mass is 32.2. The zero-order chi connectivity index (χ0) is 11.8. The lowest BCUT2D eigenvalue weighted by Crippen LogP contribution is -2.43. The molecule has 3 N–H and O–H groups in total. The highest BCUT2D eigenvalue weighted by Gasteiger charge is 2.39. The first-order valence-corrected chi connectivity index (χ1v) is 7.59. The Balaban J connectivity index is 1.94. The minimum Gasteiger partial charge on any atom is -0.389 e. The molecule has 4 unspecified atom stereocenters. The Kier molecular flexibility index (Phi) is 3.53. The van der Waals surface area contributed by atoms with Crippen molar-refractivity contribution in [2.45, 2.75) is 50.0 Å². The molecule has 5 nitrogen and oxygen atoms in total. The monoisotopic (exact) mass is 249 g/mol. The lowest BCUT2D eigenvalue weighted by molar-refractivity contribution is -0.0715. The van der Waals surface area contributed by atoms with Crippen LogP contribution in [0.4, 0.5) is 0 Å². The molecule has 0 spiro atoms. The molecule has 1 saturated carbocycles. The van der Waals surface area contributed by atoms with Crippen molar-refractivity contribution in [3.05, 3.63) is 0 Å². The summed E-state index contributed by atoms with van der Waals surface area (Å²) in [5.74, 6) is -0.253. The second-order valence-electron chi connectivity index (χ2n) is 4.81. The summed E-state index contributed by atoms with van der Waals surface area (Å²) in [4.78, 5) is 0. The lowest BCUT2D eigenvalue weighted by Gasteiger charge is -2.31. The first-order chi connectivity index (χ1) is 7.48. The van der Waals surface area contributed by atoms with Crippen molar-refractivity contribution in [1.82, 2.24) is 0 Å². The van der Waals surface area contributed by atoms with E-state index in [4.69, 9.17) is 10.5 Å². The zero-order valence-corrected chi connectivity index (χ0v) is 10.0. The van der Waals surface area contributed by atoms with Gasteiger partial charge in [-0.2, -0.15) is 0 Å². The predicted molar refractivity (Wildman–Crippen MR) is 59.8 cm³/mol. The largest absolute Gasteiger partial charge is 0.389 e. The fourth-order valence-corrected chi connectivity index (χ4v) is 4.12. The van der Waals surface area contributed by atoms with Crippen LogP contribution in [0.5, 0.6) is 0 Å². The van der Waals surface area contributed by atoms with E-state index in [2.05, 4.69) is 0 Å². The number of sulfone groups is 1. The van der Waals surface area contributed by atoms with Crippen LogP contribution in [-0.4, -0.2) is 49.4 Å². The first kappa shape index (κ1) is 12.3. The normalized spacial score (nSPS) is 43.4. The van der Waals surface area contributed by atoms with Gasteiger partial charge in [0.15, 0.2) is 9.84 Å². The van der Waals surface area contributed by atoms with Crippen molar-refractivity contribution >= 4 is 9.84 Å². The molecule has 1 heterocycles. The molecule has 0 bridgehead atoms. The molecule has 0 aromatic carbocycles. The maximum absolute atomic E-state index is 11.3. The van der Waals surface area contributed by atoms with Crippen LogP contribution in [0.25, 0.3) is 0 Å². The maximum Gasteiger partial charge on any atom is 0.155 e. The van der Waals surface area contributed by atoms with Crippen molar-refractivity contribution in [2.75, 3.05) is 11.5 Å². The Morgan fingerprint density at radius 2 is 1.81 bits per heavy atom. The molecule has 0 aromatic rings. The molecule has 16 heavy (non-hydrogen) atoms. The Labute approximate surface area is 95.9 Å². The molecule has 2 aliphatic rings. The van der Waals surface area contributed by atoms with E-state index in [1.807, 2.05) is 0 Å². The summed E-state index contributed by atoms with van der Waals surface area (Å²) in [7, 11) is -3.13. The summed E-state index contributed by atoms with van der Waals surface area (Å²) in [6.07, 6.45) is 2.38. The molecule has 0 aromatic heterocycles. The Morgan fingerprint density at radius 1 is 1.12 bits per heavy atom. The van der Waals surface area contributed by atoms with Gasteiger partial charge in [0.25, 0.3) is 0 Å². The third kappa shape index (κ3) is 2.74. The van der Waals surface area contributed by atoms with E-state index in [0.717, 1.165) is 25.7 Å². The van der Waals surface area contributed by atoms with Gasteiger partial charge < -0.3 is 15.6 Å². The maximum atomic E-state index is 11.3. The molecule has 94 valence electrons. The van der Waals surface area contributed by atoms with Crippen LogP contribution < -0.4 is 5.73 Å². The number of aliphatic hydroxyl groups is 1. The van der Waals surface area contributed by atoms with Gasteiger partial charge in [-0.25, -0.2) is 8.42 Å². The van der Waals surface area contributed by atoms with E-state index in [-0.39, 0.29) is 23.7 Å². The van der Waals surface area contributed by atoms with Gasteiger partial charge in [0.05, 0.1) is 29.8 Å². The Bertz CT molecular complexity index is 343. The van der Waals surface area contributed by atoms with E-state index < -0.39 is 22.0 Å². The average Bonchev–Trinajstić information content (AvgIpc) is 2.44. The van der Waals surface area contributed by atoms with Gasteiger partial charge in [-0.1, -0.05) is 12.8 Å². The second kappa shape index (κ2) is 4.60. The molecule has 2 fully saturated rings. The first-order valence-electron chi connectivity index (χ1n) is 5.77. The third-order valence-corrected chi connectivity index (χ3v) is 5.06. The molecule has 2 rings (SSSR count). The highest BCUT2D eigenvalue weighted by molar-refractivity contribution is 7.91. The molecule has 1 aliphatic carbocycles. The smallest absolute Gasteiger partial charge is 0.155 e. The molecule has 0 amide bonds. The fraction of sp³-hybridized carbons (Fsp3) is 1.00. The topological polar surface area (TPSA) is 89.6 Å². The minimum absolute atomic E-state index is 0.0238. The van der Waals surface area contributed by atoms with E-state index >= 15 is 0 Å². The molecule has 1 aliphatic heterocycles. The summed E-state index contributed by atoms with van der Waals surface area (Å²) in [5, 5.41) is 9.60. The van der Waals surface area contributed by atoms with E-state index in [0.29, 0.717) is 0 Å². The van der Waals surface area contributed by atoms with E-state index in [1.165, 1.54) is 0 Å². The number of nitrogens with two attached hydrogens (primary N) is 1. The number of aliphatic hydroxyl groups excluding tert-OH is 1. The molecule has 1 saturated heterocycles. The quantitative estimate of drug-likeness (QED) is 0.684. The average molecular weight is 249 g/mol. The summed E-state index contributed by atoms with van der Waals surface area (Å²) in [6, 6.07) is -0.0238. The van der Waals surface area contributed by atoms with Gasteiger partial charge in [-0.05, 0) is 12.8 Å². The minimum atomic E-state index is -3.13. The van der Waals surface area contributed by atoms with E-state index in [9.17, 15) is 13.5 Å². The van der Waals surface area contributed by atoms with Crippen LogP contribution in [0, 0.1) is 0 Å². The standard InChI is InChI=1S/C10H19NO4S/c11-7-3-1-2-4-9(7)15-10-6-16(13,14)5-8(10)12/h7-10,12H,1-6,11H2. The molecular formula is C10H19NO4S. The van der Waals surface area contributed by atoms with Crippen LogP contribution >= 0.6 is 0 Å². The van der Waals surface area contributed by atoms with Crippen LogP contribution in [-0.2, 0) is 14.6 Å². The summed E-state index contributed by atoms with van der Waals surface area (Å²) in [5.41, 5.74) is 5.91. The van der Waals surface area contributed by atoms with Crippen molar-refractivity contribution < 1.29 is 18.3 Å². The number of hydrogen-bond donors (Lipinski definition) is 2. The van der Waals surface area contributed by atoms with Crippen LogP contribution in [0.2, 0.25) is 0 Å². The van der Waals surface area contributed by atoms with Gasteiger partial charge in [0.1, 0.15) is 0 Å². The van der Waals surface area contributed by atoms with Crippen molar-refractivity contribution in [1.29, 1.82) is 0 Å². The SMILES string of the molecule is NC1CCCCC1OC1CS(=O)(=O)CC1O. The van der Waals surface area contributed by atoms with Gasteiger partial charge in [0.2, 0.25) is 0 Å². The molecular weight excluding hydrogens is 230 g/mol. The zero-order valence-electron chi connectivity index (χ0n) is 9.21. The van der Waals surface area contributed by atoms with Gasteiger partial charge in [-0.3, -0.25) is 0 Å². The summed E-state index contributed by atoms with van der Waals surface area (Å²) >= 11 is 0. The van der Waals surface area contributed by atoms with Crippen molar-refractivity contribution in [3.63, 3.8) is 0 Å². The summed E-state index contributed by atoms with van der Waals surface area (Å²) < 4.78 is 28.3. The predicted octanol–water partition coefficient (Wildman–Crippen LogP) is -0.569. The Morgan fingerprint density at radius 3 is 2.38 bits per heavy atom. The molecule has 4 atom stereocenters. The van der Waals surface area contributed by atoms with Gasteiger partial charge >= 0.3 is 0 Å². The van der Waals surface area contributed by atoms with Crippen molar-refractivity contribution in [3.8, 4) is 0 Å². The summed E-state index contributed by atoms with van der Waals surface area (Å²) in [6.45, 7) is 0. The van der Waals surface area contributed by atoms with Crippen LogP contribution in [0.15, 0.2) is 0 Å². The van der Waals surface area contributed by atoms with Gasteiger partial charge in [0, 0.05) is 6.04 Å². The van der Waals surface area contributed by atoms with Crippen LogP contribution in [0.3, 0.4) is 0 Å². The highest BCUT2D eigenvalue weighted by Crippen LogP contribution is 2.24. The molecule has 0 radical (unpaired) electrons. The van der Waals surface area contributed by atoms with Gasteiger partial charge in [-0.15, -0.1) is 0 Å². The van der Waals surface area contributed by atoms with Crippen molar-refractivity contribution in [2.24, 2.45) is 5.73 Å². The Hall–Kier alpha value is -0.170. The molecule has 6 heteroatoms. The number of ether oxygens (including phenoxy) is 1. The number of rotatable bonds is 2. The fourth-order valence-electron chi connectivity index (χ4n) is 2.45. The third-order valence-electron chi connectivity index (χ3n) is 3.38. The number of hydrogen-bond acceptors (Lipinski definition) is 5. The lowest BCUT2D eigenvalue weighted by atomic mass is 9.93. The second-order valence-corrected chi connectivity index (χ2v) is 6.96. The van der Waals surface area contributed by atoms with Crippen LogP contribution in [0.1, 0.15) is 25.7 Å². The van der Waals surface area contributed by atoms with E-state index in [1.54, 1.807) is 0 Å².